The summed E-state index contributed by atoms with van der Waals surface area (Å²) in [5.74, 6) is -0.883. The minimum Gasteiger partial charge on any atom is -0.506 e. The first-order chi connectivity index (χ1) is 9.19. The van der Waals surface area contributed by atoms with E-state index in [1.54, 1.807) is 12.1 Å². The zero-order valence-electron chi connectivity index (χ0n) is 11.0. The molecule has 0 aliphatic carbocycles. The Balaban J connectivity index is 2.35. The van der Waals surface area contributed by atoms with Crippen molar-refractivity contribution in [2.75, 3.05) is 26.2 Å². The van der Waals surface area contributed by atoms with Gasteiger partial charge in [0.05, 0.1) is 0 Å². The molecule has 0 spiro atoms. The monoisotopic (exact) mass is 263 g/mol. The molecule has 0 radical (unpaired) electrons. The van der Waals surface area contributed by atoms with Crippen LogP contribution in [-0.4, -0.2) is 36.2 Å². The average molecular weight is 263 g/mol. The van der Waals surface area contributed by atoms with Crippen molar-refractivity contribution >= 4 is 0 Å². The lowest BCUT2D eigenvalue weighted by Crippen LogP contribution is -2.45. The Morgan fingerprint density at radius 3 is 2.74 bits per heavy atom. The Bertz CT molecular complexity index is 492. The van der Waals surface area contributed by atoms with Crippen LogP contribution in [0.1, 0.15) is 30.5 Å². The van der Waals surface area contributed by atoms with Crippen LogP contribution in [0.2, 0.25) is 0 Å². The molecule has 0 unspecified atom stereocenters. The number of rotatable bonds is 3. The first-order valence-corrected chi connectivity index (χ1v) is 6.55. The summed E-state index contributed by atoms with van der Waals surface area (Å²) in [5, 5.41) is 22.3. The van der Waals surface area contributed by atoms with Gasteiger partial charge in [-0.3, -0.25) is 4.90 Å². The normalized spacial score (nSPS) is 17.9. The van der Waals surface area contributed by atoms with E-state index in [2.05, 4.69) is 10.2 Å². The van der Waals surface area contributed by atoms with Crippen LogP contribution < -0.4 is 5.32 Å². The van der Waals surface area contributed by atoms with Crippen LogP contribution in [0, 0.1) is 17.1 Å². The van der Waals surface area contributed by atoms with Gasteiger partial charge in [-0.15, -0.1) is 0 Å². The van der Waals surface area contributed by atoms with E-state index in [-0.39, 0.29) is 17.4 Å². The van der Waals surface area contributed by atoms with Gasteiger partial charge in [-0.1, -0.05) is 13.0 Å². The Hall–Kier alpha value is -1.64. The molecule has 1 aromatic rings. The second kappa shape index (κ2) is 6.00. The minimum absolute atomic E-state index is 0.0230. The highest BCUT2D eigenvalue weighted by atomic mass is 19.1. The molecule has 1 saturated heterocycles. The molecule has 1 aliphatic heterocycles. The van der Waals surface area contributed by atoms with E-state index >= 15 is 0 Å². The van der Waals surface area contributed by atoms with Crippen LogP contribution in [0.15, 0.2) is 12.1 Å². The van der Waals surface area contributed by atoms with E-state index in [0.717, 1.165) is 32.6 Å². The summed E-state index contributed by atoms with van der Waals surface area (Å²) >= 11 is 0. The van der Waals surface area contributed by atoms with Gasteiger partial charge in [-0.05, 0) is 12.5 Å². The summed E-state index contributed by atoms with van der Waals surface area (Å²) in [6.45, 7) is 5.61. The second-order valence-corrected chi connectivity index (χ2v) is 4.68. The number of nitrogens with zero attached hydrogens (tertiary/aromatic N) is 2. The molecule has 1 aliphatic rings. The van der Waals surface area contributed by atoms with Crippen LogP contribution in [0.25, 0.3) is 0 Å². The first-order valence-electron chi connectivity index (χ1n) is 6.55. The van der Waals surface area contributed by atoms with Crippen molar-refractivity contribution in [1.82, 2.24) is 10.2 Å². The molecular weight excluding hydrogens is 245 g/mol. The molecule has 1 heterocycles. The summed E-state index contributed by atoms with van der Waals surface area (Å²) in [6.07, 6.45) is 0.810. The molecule has 19 heavy (non-hydrogen) atoms. The van der Waals surface area contributed by atoms with Crippen molar-refractivity contribution < 1.29 is 9.50 Å². The van der Waals surface area contributed by atoms with E-state index in [4.69, 9.17) is 5.26 Å². The van der Waals surface area contributed by atoms with Gasteiger partial charge in [0.1, 0.15) is 23.2 Å². The van der Waals surface area contributed by atoms with Gasteiger partial charge in [0.2, 0.25) is 0 Å². The van der Waals surface area contributed by atoms with Crippen molar-refractivity contribution in [1.29, 1.82) is 5.26 Å². The number of hydrogen-bond donors (Lipinski definition) is 2. The maximum absolute atomic E-state index is 13.4. The smallest absolute Gasteiger partial charge is 0.144 e. The predicted octanol–water partition coefficient (Wildman–Crippen LogP) is 1.76. The van der Waals surface area contributed by atoms with Crippen molar-refractivity contribution in [3.63, 3.8) is 0 Å². The van der Waals surface area contributed by atoms with E-state index in [1.807, 2.05) is 6.92 Å². The van der Waals surface area contributed by atoms with Crippen LogP contribution in [0.3, 0.4) is 0 Å². The van der Waals surface area contributed by atoms with Gasteiger partial charge >= 0.3 is 0 Å². The lowest BCUT2D eigenvalue weighted by Gasteiger charge is -2.35. The third kappa shape index (κ3) is 2.70. The van der Waals surface area contributed by atoms with Gasteiger partial charge in [0, 0.05) is 37.8 Å². The van der Waals surface area contributed by atoms with Crippen molar-refractivity contribution in [2.45, 2.75) is 19.4 Å². The van der Waals surface area contributed by atoms with E-state index < -0.39 is 5.82 Å². The number of phenols is 1. The molecule has 0 bridgehead atoms. The quantitative estimate of drug-likeness (QED) is 0.872. The lowest BCUT2D eigenvalue weighted by molar-refractivity contribution is 0.166. The van der Waals surface area contributed by atoms with E-state index in [1.165, 1.54) is 6.07 Å². The summed E-state index contributed by atoms with van der Waals surface area (Å²) in [4.78, 5) is 2.25. The van der Waals surface area contributed by atoms with Gasteiger partial charge < -0.3 is 10.4 Å². The van der Waals surface area contributed by atoms with Crippen molar-refractivity contribution in [3.8, 4) is 11.8 Å². The van der Waals surface area contributed by atoms with Crippen LogP contribution in [0.4, 0.5) is 4.39 Å². The predicted molar refractivity (Wildman–Crippen MR) is 70.3 cm³/mol. The molecule has 2 N–H and O–H groups in total. The van der Waals surface area contributed by atoms with Crippen LogP contribution in [-0.2, 0) is 0 Å². The maximum Gasteiger partial charge on any atom is 0.144 e. The third-order valence-corrected chi connectivity index (χ3v) is 3.61. The highest BCUT2D eigenvalue weighted by Gasteiger charge is 2.25. The zero-order valence-corrected chi connectivity index (χ0v) is 11.0. The molecule has 1 aromatic carbocycles. The standard InChI is InChI=1S/C14H18FN3O/c1-2-13(18-7-5-17-6-8-18)10-3-4-12(15)11(9-16)14(10)19/h3-4,13,17,19H,2,5-8H2,1H3/t13-/m1/s1. The molecule has 0 aromatic heterocycles. The fourth-order valence-corrected chi connectivity index (χ4v) is 2.63. The number of aromatic hydroxyl groups is 1. The molecule has 1 atom stereocenters. The third-order valence-electron chi connectivity index (χ3n) is 3.61. The summed E-state index contributed by atoms with van der Waals surface area (Å²) in [5.41, 5.74) is 0.383. The minimum atomic E-state index is -0.668. The Kier molecular flexibility index (Phi) is 4.35. The fraction of sp³-hybridized carbons (Fsp3) is 0.500. The molecule has 102 valence electrons. The second-order valence-electron chi connectivity index (χ2n) is 4.68. The average Bonchev–Trinajstić information content (AvgIpc) is 2.44. The van der Waals surface area contributed by atoms with E-state index in [9.17, 15) is 9.50 Å². The Morgan fingerprint density at radius 2 is 2.16 bits per heavy atom. The van der Waals surface area contributed by atoms with Crippen molar-refractivity contribution in [2.24, 2.45) is 0 Å². The SMILES string of the molecule is CC[C@H](c1ccc(F)c(C#N)c1O)N1CCNCC1. The maximum atomic E-state index is 13.4. The molecule has 2 rings (SSSR count). The largest absolute Gasteiger partial charge is 0.506 e. The lowest BCUT2D eigenvalue weighted by atomic mass is 9.98. The fourth-order valence-electron chi connectivity index (χ4n) is 2.63. The van der Waals surface area contributed by atoms with Gasteiger partial charge in [0.25, 0.3) is 0 Å². The number of piperazine rings is 1. The molecule has 0 saturated carbocycles. The molecule has 4 nitrogen and oxygen atoms in total. The molecule has 1 fully saturated rings. The highest BCUT2D eigenvalue weighted by molar-refractivity contribution is 5.49. The topological polar surface area (TPSA) is 59.3 Å². The number of nitriles is 1. The van der Waals surface area contributed by atoms with Crippen molar-refractivity contribution in [3.05, 3.63) is 29.1 Å². The summed E-state index contributed by atoms with van der Waals surface area (Å²) in [6, 6.07) is 4.60. The summed E-state index contributed by atoms with van der Waals surface area (Å²) < 4.78 is 13.4. The van der Waals surface area contributed by atoms with Gasteiger partial charge in [0.15, 0.2) is 0 Å². The number of halogens is 1. The Labute approximate surface area is 112 Å². The van der Waals surface area contributed by atoms with Crippen LogP contribution >= 0.6 is 0 Å². The molecule has 5 heteroatoms. The van der Waals surface area contributed by atoms with Crippen LogP contribution in [0.5, 0.6) is 5.75 Å². The van der Waals surface area contributed by atoms with E-state index in [0.29, 0.717) is 5.56 Å². The highest BCUT2D eigenvalue weighted by Crippen LogP contribution is 2.34. The number of benzene rings is 1. The number of hydrogen-bond acceptors (Lipinski definition) is 4. The number of nitrogens with one attached hydrogen (secondary N) is 1. The first kappa shape index (κ1) is 13.8. The zero-order chi connectivity index (χ0) is 13.8. The molecule has 0 amide bonds. The van der Waals surface area contributed by atoms with Gasteiger partial charge in [-0.25, -0.2) is 4.39 Å². The Morgan fingerprint density at radius 1 is 1.47 bits per heavy atom. The molecular formula is C14H18FN3O. The number of phenolic OH excluding ortho intramolecular Hbond substituents is 1. The summed E-state index contributed by atoms with van der Waals surface area (Å²) in [7, 11) is 0. The van der Waals surface area contributed by atoms with Gasteiger partial charge in [-0.2, -0.15) is 5.26 Å².